The van der Waals surface area contributed by atoms with Crippen LogP contribution in [0.4, 0.5) is 0 Å². The van der Waals surface area contributed by atoms with E-state index in [0.717, 1.165) is 50.6 Å². The van der Waals surface area contributed by atoms with E-state index in [9.17, 15) is 9.90 Å². The lowest BCUT2D eigenvalue weighted by atomic mass is 10.0. The maximum Gasteiger partial charge on any atom is 0.355 e. The number of benzene rings is 2. The molecule has 0 aliphatic heterocycles. The molecule has 0 fully saturated rings. The summed E-state index contributed by atoms with van der Waals surface area (Å²) >= 11 is 9.96. The Bertz CT molecular complexity index is 1520. The van der Waals surface area contributed by atoms with Crippen LogP contribution in [0.15, 0.2) is 46.9 Å². The lowest BCUT2D eigenvalue weighted by Crippen LogP contribution is -2.13. The Hall–Kier alpha value is -3.50. The summed E-state index contributed by atoms with van der Waals surface area (Å²) in [5.74, 6) is 0.0939. The van der Waals surface area contributed by atoms with Crippen LogP contribution in [-0.4, -0.2) is 46.2 Å². The van der Waals surface area contributed by atoms with Gasteiger partial charge in [-0.15, -0.1) is 10.2 Å². The number of aromatic carboxylic acids is 1. The van der Waals surface area contributed by atoms with Gasteiger partial charge in [0.05, 0.1) is 10.2 Å². The monoisotopic (exact) mass is 553 g/mol. The third kappa shape index (κ3) is 4.35. The van der Waals surface area contributed by atoms with Gasteiger partial charge in [0.2, 0.25) is 5.82 Å². The molecule has 35 heavy (non-hydrogen) atoms. The first-order chi connectivity index (χ1) is 17.0. The van der Waals surface area contributed by atoms with Crippen LogP contribution in [0.1, 0.15) is 41.6 Å². The van der Waals surface area contributed by atoms with Crippen molar-refractivity contribution in [1.29, 1.82) is 0 Å². The van der Waals surface area contributed by atoms with E-state index >= 15 is 0 Å². The van der Waals surface area contributed by atoms with Crippen LogP contribution < -0.4 is 0 Å². The zero-order valence-corrected chi connectivity index (χ0v) is 21.1. The van der Waals surface area contributed by atoms with E-state index in [4.69, 9.17) is 11.6 Å². The maximum absolute atomic E-state index is 11.9. The van der Waals surface area contributed by atoms with Gasteiger partial charge in [-0.2, -0.15) is 5.21 Å². The molecule has 0 spiro atoms. The van der Waals surface area contributed by atoms with Crippen molar-refractivity contribution < 1.29 is 9.90 Å². The minimum absolute atomic E-state index is 0.0146. The number of nitrogens with zero attached hydrogens (tertiary/aromatic N) is 5. The number of carboxylic acids is 1. The highest BCUT2D eigenvalue weighted by Gasteiger charge is 2.22. The Morgan fingerprint density at radius 1 is 1.20 bits per heavy atom. The van der Waals surface area contributed by atoms with Crippen molar-refractivity contribution in [3.8, 4) is 22.6 Å². The maximum atomic E-state index is 11.9. The number of fused-ring (bicyclic) bond motifs is 1. The molecule has 0 unspecified atom stereocenters. The summed E-state index contributed by atoms with van der Waals surface area (Å²) in [7, 11) is 0. The van der Waals surface area contributed by atoms with Gasteiger partial charge in [-0.05, 0) is 45.3 Å². The van der Waals surface area contributed by atoms with Crippen molar-refractivity contribution >= 4 is 44.4 Å². The standard InChI is InChI=1S/C24H21BrClN7O2/c1-2-3-8-18-28-22(26)21(24(34)35)33(18)12-13-9-10-17-16(11-13)19(25)20(27-17)14-6-4-5-7-15(14)23-29-31-32-30-23/h4-7,9-11,27H,2-3,8,12H2,1H3,(H,34,35)(H,29,30,31,32). The number of aromatic amines is 2. The molecule has 3 N–H and O–H groups in total. The highest BCUT2D eigenvalue weighted by Crippen LogP contribution is 2.39. The van der Waals surface area contributed by atoms with Gasteiger partial charge in [0.25, 0.3) is 0 Å². The fourth-order valence-corrected chi connectivity index (χ4v) is 5.13. The summed E-state index contributed by atoms with van der Waals surface area (Å²) in [4.78, 5) is 19.7. The van der Waals surface area contributed by atoms with Crippen LogP contribution in [-0.2, 0) is 13.0 Å². The van der Waals surface area contributed by atoms with Gasteiger partial charge in [0.15, 0.2) is 10.8 Å². The van der Waals surface area contributed by atoms with Gasteiger partial charge in [0, 0.05) is 35.0 Å². The number of nitrogens with one attached hydrogen (secondary N) is 2. The molecule has 3 heterocycles. The highest BCUT2D eigenvalue weighted by molar-refractivity contribution is 9.10. The zero-order valence-electron chi connectivity index (χ0n) is 18.7. The SMILES string of the molecule is CCCCc1nc(Cl)c(C(=O)O)n1Cc1ccc2[nH]c(-c3ccccc3-c3nn[nH]n3)c(Br)c2c1. The molecule has 0 saturated heterocycles. The van der Waals surface area contributed by atoms with Crippen molar-refractivity contribution in [3.63, 3.8) is 0 Å². The van der Waals surface area contributed by atoms with Crippen LogP contribution in [0.2, 0.25) is 5.15 Å². The number of aryl methyl sites for hydroxylation is 1. The van der Waals surface area contributed by atoms with Crippen molar-refractivity contribution in [1.82, 2.24) is 35.2 Å². The smallest absolute Gasteiger partial charge is 0.355 e. The Labute approximate surface area is 213 Å². The minimum atomic E-state index is -1.09. The molecule has 0 bridgehead atoms. The lowest BCUT2D eigenvalue weighted by molar-refractivity contribution is 0.0685. The highest BCUT2D eigenvalue weighted by atomic mass is 79.9. The number of imidazole rings is 1. The van der Waals surface area contributed by atoms with Gasteiger partial charge in [-0.1, -0.05) is 55.3 Å². The topological polar surface area (TPSA) is 125 Å². The van der Waals surface area contributed by atoms with E-state index in [1.165, 1.54) is 0 Å². The minimum Gasteiger partial charge on any atom is -0.476 e. The molecule has 0 aliphatic rings. The molecular weight excluding hydrogens is 534 g/mol. The van der Waals surface area contributed by atoms with Crippen LogP contribution in [0.25, 0.3) is 33.5 Å². The van der Waals surface area contributed by atoms with Crippen molar-refractivity contribution in [2.75, 3.05) is 0 Å². The quantitative estimate of drug-likeness (QED) is 0.225. The summed E-state index contributed by atoms with van der Waals surface area (Å²) in [6.45, 7) is 2.43. The van der Waals surface area contributed by atoms with Gasteiger partial charge >= 0.3 is 5.97 Å². The summed E-state index contributed by atoms with van der Waals surface area (Å²) in [6.07, 6.45) is 2.54. The number of carbonyl (C=O) groups is 1. The predicted molar refractivity (Wildman–Crippen MR) is 137 cm³/mol. The average molecular weight is 555 g/mol. The Kier molecular flexibility index (Phi) is 6.40. The molecule has 0 radical (unpaired) electrons. The molecule has 5 rings (SSSR count). The van der Waals surface area contributed by atoms with E-state index in [2.05, 4.69) is 53.4 Å². The van der Waals surface area contributed by atoms with Gasteiger partial charge in [0.1, 0.15) is 5.82 Å². The lowest BCUT2D eigenvalue weighted by Gasteiger charge is -2.10. The molecule has 0 atom stereocenters. The number of unbranched alkanes of at least 4 members (excludes halogenated alkanes) is 1. The van der Waals surface area contributed by atoms with Crippen LogP contribution in [0.3, 0.4) is 0 Å². The van der Waals surface area contributed by atoms with Crippen molar-refractivity contribution in [3.05, 3.63) is 69.2 Å². The first-order valence-corrected chi connectivity index (χ1v) is 12.3. The van der Waals surface area contributed by atoms with Crippen LogP contribution in [0, 0.1) is 0 Å². The fourth-order valence-electron chi connectivity index (χ4n) is 4.21. The van der Waals surface area contributed by atoms with Gasteiger partial charge < -0.3 is 14.7 Å². The van der Waals surface area contributed by atoms with Crippen molar-refractivity contribution in [2.24, 2.45) is 0 Å². The largest absolute Gasteiger partial charge is 0.476 e. The second-order valence-corrected chi connectivity index (χ2v) is 9.29. The number of hydrogen-bond donors (Lipinski definition) is 3. The third-order valence-electron chi connectivity index (χ3n) is 5.88. The first kappa shape index (κ1) is 23.3. The summed E-state index contributed by atoms with van der Waals surface area (Å²) in [5.41, 5.74) is 4.54. The second-order valence-electron chi connectivity index (χ2n) is 8.14. The molecule has 2 aromatic carbocycles. The summed E-state index contributed by atoms with van der Waals surface area (Å²) in [6, 6.07) is 13.8. The molecule has 3 aromatic heterocycles. The van der Waals surface area contributed by atoms with Crippen LogP contribution >= 0.6 is 27.5 Å². The van der Waals surface area contributed by atoms with E-state index in [1.54, 1.807) is 4.57 Å². The van der Waals surface area contributed by atoms with E-state index < -0.39 is 5.97 Å². The Morgan fingerprint density at radius 2 is 2.00 bits per heavy atom. The summed E-state index contributed by atoms with van der Waals surface area (Å²) in [5, 5.41) is 25.2. The third-order valence-corrected chi connectivity index (χ3v) is 6.97. The second kappa shape index (κ2) is 9.63. The number of carboxylic acid groups (broad SMARTS) is 1. The molecular formula is C24H21BrClN7O2. The normalized spacial score (nSPS) is 11.4. The number of hydrogen-bond acceptors (Lipinski definition) is 5. The molecule has 5 aromatic rings. The van der Waals surface area contributed by atoms with E-state index in [0.29, 0.717) is 24.6 Å². The number of rotatable bonds is 8. The number of aromatic nitrogens is 7. The Balaban J connectivity index is 1.56. The number of halogens is 2. The number of tetrazole rings is 1. The fraction of sp³-hybridized carbons (Fsp3) is 0.208. The van der Waals surface area contributed by atoms with E-state index in [-0.39, 0.29) is 10.8 Å². The zero-order chi connectivity index (χ0) is 24.5. The van der Waals surface area contributed by atoms with Crippen LogP contribution in [0.5, 0.6) is 0 Å². The van der Waals surface area contributed by atoms with Crippen molar-refractivity contribution in [2.45, 2.75) is 32.7 Å². The first-order valence-electron chi connectivity index (χ1n) is 11.1. The molecule has 0 amide bonds. The van der Waals surface area contributed by atoms with Gasteiger partial charge in [-0.3, -0.25) is 0 Å². The molecule has 178 valence electrons. The Morgan fingerprint density at radius 3 is 2.71 bits per heavy atom. The number of H-pyrrole nitrogens is 2. The predicted octanol–water partition coefficient (Wildman–Crippen LogP) is 5.72. The van der Waals surface area contributed by atoms with Gasteiger partial charge in [-0.25, -0.2) is 9.78 Å². The molecule has 0 aliphatic carbocycles. The molecule has 11 heteroatoms. The van der Waals surface area contributed by atoms with E-state index in [1.807, 2.05) is 42.5 Å². The molecule has 9 nitrogen and oxygen atoms in total. The molecule has 0 saturated carbocycles. The summed E-state index contributed by atoms with van der Waals surface area (Å²) < 4.78 is 2.59. The average Bonchev–Trinajstić information content (AvgIpc) is 3.56.